The van der Waals surface area contributed by atoms with E-state index in [4.69, 9.17) is 9.47 Å². The maximum Gasteiger partial charge on any atom is 0.252 e. The molecule has 1 aliphatic rings. The van der Waals surface area contributed by atoms with E-state index in [0.29, 0.717) is 24.2 Å². The van der Waals surface area contributed by atoms with Crippen molar-refractivity contribution in [2.24, 2.45) is 0 Å². The summed E-state index contributed by atoms with van der Waals surface area (Å²) >= 11 is 0. The molecule has 1 aliphatic heterocycles. The summed E-state index contributed by atoms with van der Waals surface area (Å²) in [5, 5.41) is 16.3. The van der Waals surface area contributed by atoms with Gasteiger partial charge < -0.3 is 25.2 Å². The molecule has 1 fully saturated rings. The fourth-order valence-electron chi connectivity index (χ4n) is 2.76. The number of halogens is 1. The van der Waals surface area contributed by atoms with Crippen molar-refractivity contribution in [1.82, 2.24) is 10.6 Å². The topological polar surface area (TPSA) is 79.8 Å². The highest BCUT2D eigenvalue weighted by Crippen LogP contribution is 2.25. The van der Waals surface area contributed by atoms with Crippen LogP contribution in [0.4, 0.5) is 0 Å². The Bertz CT molecular complexity index is 507. The van der Waals surface area contributed by atoms with Crippen molar-refractivity contribution < 1.29 is 19.4 Å². The molecule has 1 amide bonds. The van der Waals surface area contributed by atoms with E-state index in [1.54, 1.807) is 26.4 Å². The zero-order valence-corrected chi connectivity index (χ0v) is 14.3. The molecule has 6 nitrogen and oxygen atoms in total. The van der Waals surface area contributed by atoms with E-state index in [1.165, 1.54) is 0 Å². The van der Waals surface area contributed by atoms with Crippen LogP contribution in [0.1, 0.15) is 24.5 Å². The van der Waals surface area contributed by atoms with Crippen LogP contribution >= 0.6 is 12.4 Å². The number of para-hydroxylation sites is 1. The van der Waals surface area contributed by atoms with Gasteiger partial charge in [0.25, 0.3) is 5.91 Å². The molecular formula is C16H25ClN2O4. The van der Waals surface area contributed by atoms with Crippen molar-refractivity contribution >= 4 is 18.3 Å². The molecule has 1 saturated heterocycles. The van der Waals surface area contributed by atoms with Crippen molar-refractivity contribution in [1.29, 1.82) is 0 Å². The van der Waals surface area contributed by atoms with Gasteiger partial charge in [-0.1, -0.05) is 18.2 Å². The molecule has 1 aromatic carbocycles. The van der Waals surface area contributed by atoms with Gasteiger partial charge in [0.2, 0.25) is 0 Å². The van der Waals surface area contributed by atoms with E-state index in [2.05, 4.69) is 10.6 Å². The van der Waals surface area contributed by atoms with E-state index >= 15 is 0 Å². The van der Waals surface area contributed by atoms with Crippen LogP contribution in [0.2, 0.25) is 0 Å². The highest BCUT2D eigenvalue weighted by Gasteiger charge is 2.39. The number of hydrogen-bond donors (Lipinski definition) is 3. The average molecular weight is 345 g/mol. The van der Waals surface area contributed by atoms with E-state index in [1.807, 2.05) is 12.1 Å². The second kappa shape index (κ2) is 9.08. The third-order valence-electron chi connectivity index (χ3n) is 4.17. The van der Waals surface area contributed by atoms with Gasteiger partial charge in [-0.3, -0.25) is 4.79 Å². The molecule has 1 unspecified atom stereocenters. The zero-order valence-electron chi connectivity index (χ0n) is 13.5. The summed E-state index contributed by atoms with van der Waals surface area (Å²) in [6.45, 7) is 1.62. The third-order valence-corrected chi connectivity index (χ3v) is 4.17. The van der Waals surface area contributed by atoms with E-state index < -0.39 is 11.7 Å². The van der Waals surface area contributed by atoms with Crippen LogP contribution in [0, 0.1) is 0 Å². The van der Waals surface area contributed by atoms with Gasteiger partial charge >= 0.3 is 0 Å². The van der Waals surface area contributed by atoms with Crippen molar-refractivity contribution in [2.45, 2.75) is 24.5 Å². The lowest BCUT2D eigenvalue weighted by Crippen LogP contribution is -2.54. The van der Waals surface area contributed by atoms with Gasteiger partial charge in [-0.25, -0.2) is 0 Å². The predicted molar refractivity (Wildman–Crippen MR) is 90.1 cm³/mol. The van der Waals surface area contributed by atoms with Crippen LogP contribution in [-0.2, 0) is 9.53 Å². The summed E-state index contributed by atoms with van der Waals surface area (Å²) in [6.07, 6.45) is 0.427. The molecule has 0 radical (unpaired) electrons. The first-order chi connectivity index (χ1) is 10.6. The molecule has 0 spiro atoms. The predicted octanol–water partition coefficient (Wildman–Crippen LogP) is 1.04. The lowest BCUT2D eigenvalue weighted by molar-refractivity contribution is -0.147. The fourth-order valence-corrected chi connectivity index (χ4v) is 2.76. The number of carbonyl (C=O) groups excluding carboxylic acids is 1. The summed E-state index contributed by atoms with van der Waals surface area (Å²) in [5.41, 5.74) is -0.145. The number of ether oxygens (including phenoxy) is 2. The Morgan fingerprint density at radius 2 is 2.00 bits per heavy atom. The molecule has 1 aromatic rings. The van der Waals surface area contributed by atoms with Gasteiger partial charge in [0.15, 0.2) is 0 Å². The van der Waals surface area contributed by atoms with Gasteiger partial charge in [0.05, 0.1) is 13.2 Å². The number of rotatable bonds is 6. The molecule has 3 N–H and O–H groups in total. The first kappa shape index (κ1) is 19.7. The van der Waals surface area contributed by atoms with Crippen LogP contribution in [-0.4, -0.2) is 50.5 Å². The minimum Gasteiger partial charge on any atom is -0.496 e. The highest BCUT2D eigenvalue weighted by atomic mass is 35.5. The Balaban J connectivity index is 0.00000264. The summed E-state index contributed by atoms with van der Waals surface area (Å²) < 4.78 is 10.7. The number of aliphatic hydroxyl groups is 1. The van der Waals surface area contributed by atoms with Crippen molar-refractivity contribution in [3.63, 3.8) is 0 Å². The largest absolute Gasteiger partial charge is 0.496 e. The van der Waals surface area contributed by atoms with Crippen LogP contribution in [0.15, 0.2) is 24.3 Å². The Hall–Kier alpha value is -1.34. The third kappa shape index (κ3) is 4.57. The second-order valence-corrected chi connectivity index (χ2v) is 5.42. The lowest BCUT2D eigenvalue weighted by Gasteiger charge is -2.35. The van der Waals surface area contributed by atoms with Crippen molar-refractivity contribution in [3.05, 3.63) is 29.8 Å². The Labute approximate surface area is 143 Å². The summed E-state index contributed by atoms with van der Waals surface area (Å²) in [5.74, 6) is 0.429. The van der Waals surface area contributed by atoms with Crippen LogP contribution < -0.4 is 15.4 Å². The first-order valence-corrected chi connectivity index (χ1v) is 7.48. The normalized spacial score (nSPS) is 17.7. The number of amides is 1. The number of carbonyl (C=O) groups is 1. The molecule has 1 atom stereocenters. The molecule has 0 bridgehead atoms. The quantitative estimate of drug-likeness (QED) is 0.718. The van der Waals surface area contributed by atoms with Crippen LogP contribution in [0.5, 0.6) is 5.75 Å². The number of nitrogens with one attached hydrogen (secondary N) is 2. The van der Waals surface area contributed by atoms with Gasteiger partial charge in [-0.2, -0.15) is 0 Å². The van der Waals surface area contributed by atoms with Crippen LogP contribution in [0.3, 0.4) is 0 Å². The van der Waals surface area contributed by atoms with Gasteiger partial charge in [0.1, 0.15) is 11.4 Å². The highest BCUT2D eigenvalue weighted by molar-refractivity contribution is 5.85. The molecule has 130 valence electrons. The molecule has 0 saturated carbocycles. The minimum absolute atomic E-state index is 0. The summed E-state index contributed by atoms with van der Waals surface area (Å²) in [7, 11) is 3.11. The smallest absolute Gasteiger partial charge is 0.252 e. The molecular weight excluding hydrogens is 320 g/mol. The van der Waals surface area contributed by atoms with Crippen LogP contribution in [0.25, 0.3) is 0 Å². The minimum atomic E-state index is -0.823. The van der Waals surface area contributed by atoms with E-state index in [0.717, 1.165) is 13.1 Å². The van der Waals surface area contributed by atoms with Gasteiger partial charge in [0, 0.05) is 19.2 Å². The Kier molecular flexibility index (Phi) is 7.78. The van der Waals surface area contributed by atoms with E-state index in [9.17, 15) is 9.90 Å². The number of piperidine rings is 1. The maximum absolute atomic E-state index is 12.4. The fraction of sp³-hybridized carbons (Fsp3) is 0.562. The SMILES string of the molecule is COc1ccccc1C(O)CNC(=O)C1(OC)CCNCC1.Cl. The molecule has 23 heavy (non-hydrogen) atoms. The van der Waals surface area contributed by atoms with Gasteiger partial charge in [-0.05, 0) is 32.0 Å². The molecule has 1 heterocycles. The average Bonchev–Trinajstić information content (AvgIpc) is 2.59. The standard InChI is InChI=1S/C16H24N2O4.ClH/c1-21-14-6-4-3-5-12(14)13(19)11-18-15(20)16(22-2)7-9-17-10-8-16;/h3-6,13,17,19H,7-11H2,1-2H3,(H,18,20);1H. The zero-order chi connectivity index (χ0) is 16.0. The number of aliphatic hydroxyl groups excluding tert-OH is 1. The first-order valence-electron chi connectivity index (χ1n) is 7.48. The maximum atomic E-state index is 12.4. The van der Waals surface area contributed by atoms with Crippen molar-refractivity contribution in [3.8, 4) is 5.75 Å². The Morgan fingerprint density at radius 1 is 1.35 bits per heavy atom. The monoisotopic (exact) mass is 344 g/mol. The molecule has 0 aliphatic carbocycles. The summed E-state index contributed by atoms with van der Waals surface area (Å²) in [6, 6.07) is 7.23. The van der Waals surface area contributed by atoms with Crippen molar-refractivity contribution in [2.75, 3.05) is 33.9 Å². The van der Waals surface area contributed by atoms with E-state index in [-0.39, 0.29) is 24.9 Å². The second-order valence-electron chi connectivity index (χ2n) is 5.42. The number of methoxy groups -OCH3 is 2. The number of benzene rings is 1. The van der Waals surface area contributed by atoms with Gasteiger partial charge in [-0.15, -0.1) is 12.4 Å². The number of hydrogen-bond acceptors (Lipinski definition) is 5. The Morgan fingerprint density at radius 3 is 2.61 bits per heavy atom. The lowest BCUT2D eigenvalue weighted by atomic mass is 9.91. The molecule has 7 heteroatoms. The summed E-state index contributed by atoms with van der Waals surface area (Å²) in [4.78, 5) is 12.4. The molecule has 2 rings (SSSR count). The molecule has 0 aromatic heterocycles.